The van der Waals surface area contributed by atoms with Crippen molar-refractivity contribution in [3.8, 4) is 5.75 Å². The SMILES string of the molecule is CCCOc1ccc(C=NNC(=O)C(NC(=O)c2ccc(Cl)cc2)C(C)C)cc1. The predicted molar refractivity (Wildman–Crippen MR) is 116 cm³/mol. The lowest BCUT2D eigenvalue weighted by Gasteiger charge is -2.20. The van der Waals surface area contributed by atoms with Crippen molar-refractivity contribution in [2.24, 2.45) is 11.0 Å². The van der Waals surface area contributed by atoms with Gasteiger partial charge in [-0.25, -0.2) is 5.43 Å². The Hall–Kier alpha value is -2.86. The molecule has 0 fully saturated rings. The maximum absolute atomic E-state index is 12.5. The number of hydrogen-bond donors (Lipinski definition) is 2. The minimum Gasteiger partial charge on any atom is -0.494 e. The summed E-state index contributed by atoms with van der Waals surface area (Å²) in [5.41, 5.74) is 3.74. The third-order valence-electron chi connectivity index (χ3n) is 4.08. The first-order chi connectivity index (χ1) is 13.9. The number of nitrogens with one attached hydrogen (secondary N) is 2. The van der Waals surface area contributed by atoms with Gasteiger partial charge in [0.25, 0.3) is 11.8 Å². The van der Waals surface area contributed by atoms with E-state index in [4.69, 9.17) is 16.3 Å². The van der Waals surface area contributed by atoms with E-state index in [9.17, 15) is 9.59 Å². The van der Waals surface area contributed by atoms with Gasteiger partial charge in [0.1, 0.15) is 11.8 Å². The van der Waals surface area contributed by atoms with Crippen molar-refractivity contribution >= 4 is 29.6 Å². The average molecular weight is 416 g/mol. The van der Waals surface area contributed by atoms with Crippen LogP contribution in [0.4, 0.5) is 0 Å². The molecule has 0 aliphatic rings. The number of hydrazone groups is 1. The molecule has 2 aromatic carbocycles. The number of hydrogen-bond acceptors (Lipinski definition) is 4. The van der Waals surface area contributed by atoms with Gasteiger partial charge in [-0.15, -0.1) is 0 Å². The summed E-state index contributed by atoms with van der Waals surface area (Å²) in [6.07, 6.45) is 2.49. The van der Waals surface area contributed by atoms with Crippen LogP contribution >= 0.6 is 11.6 Å². The summed E-state index contributed by atoms with van der Waals surface area (Å²) in [7, 11) is 0. The fourth-order valence-electron chi connectivity index (χ4n) is 2.47. The summed E-state index contributed by atoms with van der Waals surface area (Å²) in [4.78, 5) is 24.9. The van der Waals surface area contributed by atoms with Crippen molar-refractivity contribution in [1.82, 2.24) is 10.7 Å². The number of ether oxygens (including phenoxy) is 1. The first-order valence-electron chi connectivity index (χ1n) is 9.53. The van der Waals surface area contributed by atoms with Gasteiger partial charge in [-0.3, -0.25) is 9.59 Å². The van der Waals surface area contributed by atoms with E-state index >= 15 is 0 Å². The van der Waals surface area contributed by atoms with Crippen LogP contribution < -0.4 is 15.5 Å². The number of rotatable bonds is 9. The molecule has 0 saturated heterocycles. The molecule has 0 heterocycles. The Labute approximate surface area is 176 Å². The third kappa shape index (κ3) is 7.23. The second kappa shape index (κ2) is 11.2. The molecule has 7 heteroatoms. The van der Waals surface area contributed by atoms with Crippen LogP contribution in [0.15, 0.2) is 53.6 Å². The molecule has 1 atom stereocenters. The largest absolute Gasteiger partial charge is 0.494 e. The van der Waals surface area contributed by atoms with Crippen molar-refractivity contribution in [2.45, 2.75) is 33.2 Å². The molecule has 29 heavy (non-hydrogen) atoms. The molecule has 2 N–H and O–H groups in total. The number of carbonyl (C=O) groups is 2. The summed E-state index contributed by atoms with van der Waals surface area (Å²) in [5.74, 6) is -0.0575. The van der Waals surface area contributed by atoms with Crippen LogP contribution in [-0.4, -0.2) is 30.7 Å². The second-order valence-electron chi connectivity index (χ2n) is 6.85. The van der Waals surface area contributed by atoms with Gasteiger partial charge in [0.2, 0.25) is 0 Å². The molecule has 2 rings (SSSR count). The zero-order chi connectivity index (χ0) is 21.2. The molecule has 6 nitrogen and oxygen atoms in total. The van der Waals surface area contributed by atoms with E-state index in [1.807, 2.05) is 45.0 Å². The van der Waals surface area contributed by atoms with Crippen LogP contribution in [0.2, 0.25) is 5.02 Å². The zero-order valence-electron chi connectivity index (χ0n) is 16.8. The van der Waals surface area contributed by atoms with Crippen LogP contribution in [0, 0.1) is 5.92 Å². The van der Waals surface area contributed by atoms with Crippen molar-refractivity contribution in [3.63, 3.8) is 0 Å². The van der Waals surface area contributed by atoms with Gasteiger partial charge in [-0.1, -0.05) is 32.4 Å². The molecule has 154 valence electrons. The fourth-order valence-corrected chi connectivity index (χ4v) is 2.60. The van der Waals surface area contributed by atoms with Crippen molar-refractivity contribution in [2.75, 3.05) is 6.61 Å². The van der Waals surface area contributed by atoms with E-state index in [1.165, 1.54) is 0 Å². The van der Waals surface area contributed by atoms with E-state index in [0.717, 1.165) is 17.7 Å². The van der Waals surface area contributed by atoms with Crippen LogP contribution in [0.3, 0.4) is 0 Å². The lowest BCUT2D eigenvalue weighted by atomic mass is 10.0. The highest BCUT2D eigenvalue weighted by Crippen LogP contribution is 2.12. The number of halogens is 1. The molecular weight excluding hydrogens is 390 g/mol. The molecule has 0 aliphatic carbocycles. The molecule has 0 aromatic heterocycles. The molecule has 2 aromatic rings. The highest BCUT2D eigenvalue weighted by atomic mass is 35.5. The number of carbonyl (C=O) groups excluding carboxylic acids is 2. The minimum atomic E-state index is -0.722. The standard InChI is InChI=1S/C22H26ClN3O3/c1-4-13-29-19-11-5-16(6-12-19)14-24-26-22(28)20(15(2)3)25-21(27)17-7-9-18(23)10-8-17/h5-12,14-15,20H,4,13H2,1-3H3,(H,25,27)(H,26,28). The van der Waals surface area contributed by atoms with Gasteiger partial charge < -0.3 is 10.1 Å². The van der Waals surface area contributed by atoms with Gasteiger partial charge in [-0.2, -0.15) is 5.10 Å². The quantitative estimate of drug-likeness (QED) is 0.479. The Balaban J connectivity index is 1.94. The summed E-state index contributed by atoms with van der Waals surface area (Å²) in [5, 5.41) is 7.28. The van der Waals surface area contributed by atoms with Crippen LogP contribution in [0.1, 0.15) is 43.1 Å². The maximum Gasteiger partial charge on any atom is 0.262 e. The summed E-state index contributed by atoms with van der Waals surface area (Å²) >= 11 is 5.84. The Bertz CT molecular complexity index is 833. The average Bonchev–Trinajstić information content (AvgIpc) is 2.71. The van der Waals surface area contributed by atoms with Crippen molar-refractivity contribution in [1.29, 1.82) is 0 Å². The molecule has 0 radical (unpaired) electrons. The highest BCUT2D eigenvalue weighted by Gasteiger charge is 2.24. The number of nitrogens with zero attached hydrogens (tertiary/aromatic N) is 1. The van der Waals surface area contributed by atoms with Gasteiger partial charge in [-0.05, 0) is 66.4 Å². The van der Waals surface area contributed by atoms with Crippen LogP contribution in [0.25, 0.3) is 0 Å². The van der Waals surface area contributed by atoms with Crippen LogP contribution in [-0.2, 0) is 4.79 Å². The molecule has 0 saturated carbocycles. The van der Waals surface area contributed by atoms with Crippen LogP contribution in [0.5, 0.6) is 5.75 Å². The monoisotopic (exact) mass is 415 g/mol. The lowest BCUT2D eigenvalue weighted by Crippen LogP contribution is -2.48. The third-order valence-corrected chi connectivity index (χ3v) is 4.34. The molecule has 0 aliphatic heterocycles. The van der Waals surface area contributed by atoms with Gasteiger partial charge in [0.15, 0.2) is 0 Å². The predicted octanol–water partition coefficient (Wildman–Crippen LogP) is 4.03. The highest BCUT2D eigenvalue weighted by molar-refractivity contribution is 6.30. The second-order valence-corrected chi connectivity index (χ2v) is 7.29. The van der Waals surface area contributed by atoms with Gasteiger partial charge >= 0.3 is 0 Å². The van der Waals surface area contributed by atoms with E-state index in [0.29, 0.717) is 17.2 Å². The summed E-state index contributed by atoms with van der Waals surface area (Å²) in [6, 6.07) is 13.2. The first kappa shape index (κ1) is 22.4. The topological polar surface area (TPSA) is 79.8 Å². The van der Waals surface area contributed by atoms with Gasteiger partial charge in [0, 0.05) is 10.6 Å². The molecule has 1 unspecified atom stereocenters. The number of amides is 2. The molecular formula is C22H26ClN3O3. The Morgan fingerprint density at radius 1 is 1.10 bits per heavy atom. The maximum atomic E-state index is 12.5. The molecule has 0 spiro atoms. The van der Waals surface area contributed by atoms with E-state index in [2.05, 4.69) is 15.8 Å². The Kier molecular flexibility index (Phi) is 8.68. The minimum absolute atomic E-state index is 0.114. The Morgan fingerprint density at radius 3 is 2.34 bits per heavy atom. The van der Waals surface area contributed by atoms with E-state index in [-0.39, 0.29) is 17.7 Å². The van der Waals surface area contributed by atoms with Crippen molar-refractivity contribution < 1.29 is 14.3 Å². The zero-order valence-corrected chi connectivity index (χ0v) is 17.6. The molecule has 0 bridgehead atoms. The molecule has 2 amide bonds. The van der Waals surface area contributed by atoms with Crippen molar-refractivity contribution in [3.05, 3.63) is 64.7 Å². The first-order valence-corrected chi connectivity index (χ1v) is 9.90. The summed E-state index contributed by atoms with van der Waals surface area (Å²) in [6.45, 7) is 6.42. The summed E-state index contributed by atoms with van der Waals surface area (Å²) < 4.78 is 5.53. The normalized spacial score (nSPS) is 12.0. The van der Waals surface area contributed by atoms with Gasteiger partial charge in [0.05, 0.1) is 12.8 Å². The fraction of sp³-hybridized carbons (Fsp3) is 0.318. The smallest absolute Gasteiger partial charge is 0.262 e. The van der Waals surface area contributed by atoms with E-state index in [1.54, 1.807) is 30.5 Å². The Morgan fingerprint density at radius 2 is 1.76 bits per heavy atom. The lowest BCUT2D eigenvalue weighted by molar-refractivity contribution is -0.123. The van der Waals surface area contributed by atoms with E-state index < -0.39 is 6.04 Å². The number of benzene rings is 2.